The number of nitriles is 1. The fourth-order valence-electron chi connectivity index (χ4n) is 2.85. The zero-order valence-electron chi connectivity index (χ0n) is 16.8. The molecule has 6 heteroatoms. The Morgan fingerprint density at radius 2 is 1.87 bits per heavy atom. The van der Waals surface area contributed by atoms with Gasteiger partial charge in [0.2, 0.25) is 0 Å². The lowest BCUT2D eigenvalue weighted by atomic mass is 10.1. The highest BCUT2D eigenvalue weighted by Crippen LogP contribution is 2.28. The lowest BCUT2D eigenvalue weighted by molar-refractivity contribution is 0.0954. The van der Waals surface area contributed by atoms with Crippen LogP contribution in [0.1, 0.15) is 32.6 Å². The van der Waals surface area contributed by atoms with Crippen LogP contribution in [0.15, 0.2) is 71.8 Å². The van der Waals surface area contributed by atoms with Gasteiger partial charge in [0.05, 0.1) is 25.0 Å². The van der Waals surface area contributed by atoms with Crippen molar-refractivity contribution in [1.29, 1.82) is 5.26 Å². The first-order valence-electron chi connectivity index (χ1n) is 9.30. The van der Waals surface area contributed by atoms with E-state index in [4.69, 9.17) is 9.47 Å². The Hall–Kier alpha value is -4.11. The van der Waals surface area contributed by atoms with Gasteiger partial charge in [-0.3, -0.25) is 4.79 Å². The summed E-state index contributed by atoms with van der Waals surface area (Å²) in [5, 5.41) is 13.2. The molecule has 0 aliphatic carbocycles. The van der Waals surface area contributed by atoms with Gasteiger partial charge in [0.1, 0.15) is 6.61 Å². The molecule has 0 saturated carbocycles. The fraction of sp³-hybridized carbons (Fsp3) is 0.125. The van der Waals surface area contributed by atoms with E-state index < -0.39 is 0 Å². The molecule has 0 bridgehead atoms. The first kappa shape index (κ1) is 20.6. The van der Waals surface area contributed by atoms with E-state index >= 15 is 0 Å². The number of benzene rings is 3. The summed E-state index contributed by atoms with van der Waals surface area (Å²) < 4.78 is 11.2. The second-order valence-corrected chi connectivity index (χ2v) is 6.48. The van der Waals surface area contributed by atoms with Crippen molar-refractivity contribution >= 4 is 12.1 Å². The standard InChI is InChI=1S/C24H21N3O3/c1-17-7-3-6-10-21(17)24(28)27-26-15-18-11-12-22(23(13-18)29-2)30-16-20-9-5-4-8-19(20)14-25/h3-13,15H,16H2,1-2H3,(H,27,28)/b26-15+. The maximum absolute atomic E-state index is 12.2. The molecule has 0 spiro atoms. The first-order chi connectivity index (χ1) is 14.6. The zero-order chi connectivity index (χ0) is 21.3. The number of nitrogens with zero attached hydrogens (tertiary/aromatic N) is 2. The third-order valence-electron chi connectivity index (χ3n) is 4.48. The van der Waals surface area contributed by atoms with Crippen LogP contribution in [0.3, 0.4) is 0 Å². The smallest absolute Gasteiger partial charge is 0.271 e. The highest BCUT2D eigenvalue weighted by molar-refractivity contribution is 5.96. The van der Waals surface area contributed by atoms with Crippen LogP contribution in [0.2, 0.25) is 0 Å². The maximum Gasteiger partial charge on any atom is 0.271 e. The molecule has 30 heavy (non-hydrogen) atoms. The summed E-state index contributed by atoms with van der Waals surface area (Å²) >= 11 is 0. The highest BCUT2D eigenvalue weighted by Gasteiger charge is 2.09. The molecule has 3 aromatic rings. The van der Waals surface area contributed by atoms with E-state index in [0.717, 1.165) is 16.7 Å². The van der Waals surface area contributed by atoms with Gasteiger partial charge in [-0.1, -0.05) is 36.4 Å². The van der Waals surface area contributed by atoms with E-state index in [1.807, 2.05) is 43.3 Å². The fourth-order valence-corrected chi connectivity index (χ4v) is 2.85. The predicted octanol–water partition coefficient (Wildman–Crippen LogP) is 4.22. The van der Waals surface area contributed by atoms with Crippen LogP contribution in [-0.2, 0) is 6.61 Å². The monoisotopic (exact) mass is 399 g/mol. The SMILES string of the molecule is COc1cc(/C=N/NC(=O)c2ccccc2C)ccc1OCc1ccccc1C#N. The third kappa shape index (κ3) is 5.03. The Morgan fingerprint density at radius 3 is 2.63 bits per heavy atom. The van der Waals surface area contributed by atoms with Gasteiger partial charge in [0, 0.05) is 11.1 Å². The van der Waals surface area contributed by atoms with Gasteiger partial charge in [0.25, 0.3) is 5.91 Å². The van der Waals surface area contributed by atoms with Crippen LogP contribution in [0.25, 0.3) is 0 Å². The van der Waals surface area contributed by atoms with Crippen LogP contribution >= 0.6 is 0 Å². The molecule has 0 aliphatic heterocycles. The Kier molecular flexibility index (Phi) is 6.80. The number of aryl methyl sites for hydroxylation is 1. The molecule has 3 aromatic carbocycles. The molecule has 0 radical (unpaired) electrons. The number of carbonyl (C=O) groups is 1. The summed E-state index contributed by atoms with van der Waals surface area (Å²) in [5.74, 6) is 0.803. The number of hydrazone groups is 1. The number of carbonyl (C=O) groups excluding carboxylic acids is 1. The molecule has 1 N–H and O–H groups in total. The van der Waals surface area contributed by atoms with Crippen molar-refractivity contribution in [3.05, 3.63) is 94.5 Å². The largest absolute Gasteiger partial charge is 0.493 e. The minimum Gasteiger partial charge on any atom is -0.493 e. The molecule has 0 saturated heterocycles. The average Bonchev–Trinajstić information content (AvgIpc) is 2.78. The van der Waals surface area contributed by atoms with Gasteiger partial charge in [-0.25, -0.2) is 5.43 Å². The molecular formula is C24H21N3O3. The molecule has 3 rings (SSSR count). The number of amides is 1. The van der Waals surface area contributed by atoms with Crippen molar-refractivity contribution < 1.29 is 14.3 Å². The van der Waals surface area contributed by atoms with Crippen LogP contribution in [-0.4, -0.2) is 19.2 Å². The Balaban J connectivity index is 1.66. The van der Waals surface area contributed by atoms with Gasteiger partial charge < -0.3 is 9.47 Å². The zero-order valence-corrected chi connectivity index (χ0v) is 16.8. The average molecular weight is 399 g/mol. The van der Waals surface area contributed by atoms with Crippen LogP contribution in [0.5, 0.6) is 11.5 Å². The maximum atomic E-state index is 12.2. The van der Waals surface area contributed by atoms with Crippen molar-refractivity contribution in [3.63, 3.8) is 0 Å². The number of methoxy groups -OCH3 is 1. The molecule has 1 amide bonds. The molecule has 6 nitrogen and oxygen atoms in total. The topological polar surface area (TPSA) is 83.7 Å². The minimum atomic E-state index is -0.271. The summed E-state index contributed by atoms with van der Waals surface area (Å²) in [7, 11) is 1.55. The predicted molar refractivity (Wildman–Crippen MR) is 115 cm³/mol. The quantitative estimate of drug-likeness (QED) is 0.476. The van der Waals surface area contributed by atoms with Crippen LogP contribution < -0.4 is 14.9 Å². The summed E-state index contributed by atoms with van der Waals surface area (Å²) in [5.41, 5.74) is 6.10. The summed E-state index contributed by atoms with van der Waals surface area (Å²) in [6, 6.07) is 22.1. The van der Waals surface area contributed by atoms with Gasteiger partial charge in [-0.2, -0.15) is 10.4 Å². The molecule has 150 valence electrons. The third-order valence-corrected chi connectivity index (χ3v) is 4.48. The molecule has 0 fully saturated rings. The number of nitrogens with one attached hydrogen (secondary N) is 1. The highest BCUT2D eigenvalue weighted by atomic mass is 16.5. The van der Waals surface area contributed by atoms with Crippen molar-refractivity contribution in [3.8, 4) is 17.6 Å². The number of rotatable bonds is 7. The van der Waals surface area contributed by atoms with Crippen LogP contribution in [0.4, 0.5) is 0 Å². The van der Waals surface area contributed by atoms with Gasteiger partial charge in [-0.15, -0.1) is 0 Å². The van der Waals surface area contributed by atoms with E-state index in [1.165, 1.54) is 6.21 Å². The first-order valence-corrected chi connectivity index (χ1v) is 9.30. The Morgan fingerprint density at radius 1 is 1.10 bits per heavy atom. The van der Waals surface area contributed by atoms with E-state index in [0.29, 0.717) is 22.6 Å². The van der Waals surface area contributed by atoms with Crippen molar-refractivity contribution in [2.24, 2.45) is 5.10 Å². The second-order valence-electron chi connectivity index (χ2n) is 6.48. The molecular weight excluding hydrogens is 378 g/mol. The van der Waals surface area contributed by atoms with E-state index in [-0.39, 0.29) is 12.5 Å². The van der Waals surface area contributed by atoms with Crippen molar-refractivity contribution in [2.45, 2.75) is 13.5 Å². The van der Waals surface area contributed by atoms with Crippen LogP contribution in [0, 0.1) is 18.3 Å². The summed E-state index contributed by atoms with van der Waals surface area (Å²) in [6.07, 6.45) is 1.54. The van der Waals surface area contributed by atoms with Gasteiger partial charge in [0.15, 0.2) is 11.5 Å². The van der Waals surface area contributed by atoms with Gasteiger partial charge in [-0.05, 0) is 48.4 Å². The number of hydrogen-bond acceptors (Lipinski definition) is 5. The minimum absolute atomic E-state index is 0.250. The molecule has 0 heterocycles. The van der Waals surface area contributed by atoms with E-state index in [1.54, 1.807) is 37.4 Å². The van der Waals surface area contributed by atoms with Crippen molar-refractivity contribution in [1.82, 2.24) is 5.43 Å². The second kappa shape index (κ2) is 9.89. The molecule has 0 aromatic heterocycles. The Bertz CT molecular complexity index is 1120. The van der Waals surface area contributed by atoms with E-state index in [9.17, 15) is 10.1 Å². The molecule has 0 atom stereocenters. The molecule has 0 aliphatic rings. The summed E-state index contributed by atoms with van der Waals surface area (Å²) in [4.78, 5) is 12.2. The summed E-state index contributed by atoms with van der Waals surface area (Å²) in [6.45, 7) is 2.12. The lowest BCUT2D eigenvalue weighted by Crippen LogP contribution is -2.18. The number of ether oxygens (including phenoxy) is 2. The normalized spacial score (nSPS) is 10.4. The lowest BCUT2D eigenvalue weighted by Gasteiger charge is -2.12. The Labute approximate surface area is 175 Å². The van der Waals surface area contributed by atoms with Crippen molar-refractivity contribution in [2.75, 3.05) is 7.11 Å². The van der Waals surface area contributed by atoms with E-state index in [2.05, 4.69) is 16.6 Å². The molecule has 0 unspecified atom stereocenters. The number of hydrogen-bond donors (Lipinski definition) is 1. The van der Waals surface area contributed by atoms with Gasteiger partial charge >= 0.3 is 0 Å².